The van der Waals surface area contributed by atoms with E-state index in [1.54, 1.807) is 26.8 Å². The molecule has 0 saturated carbocycles. The number of pyridine rings is 1. The number of anilines is 1. The van der Waals surface area contributed by atoms with E-state index >= 15 is 0 Å². The lowest BCUT2D eigenvalue weighted by atomic mass is 10.2. The van der Waals surface area contributed by atoms with Gasteiger partial charge in [0.2, 0.25) is 0 Å². The topological polar surface area (TPSA) is 68.3 Å². The monoisotopic (exact) mass is 300 g/mol. The van der Waals surface area contributed by atoms with Gasteiger partial charge in [0, 0.05) is 0 Å². The van der Waals surface area contributed by atoms with Gasteiger partial charge in [-0.3, -0.25) is 10.1 Å². The summed E-state index contributed by atoms with van der Waals surface area (Å²) in [5, 5.41) is 2.53. The molecule has 1 rings (SSSR count). The lowest BCUT2D eigenvalue weighted by Crippen LogP contribution is -2.27. The normalized spacial score (nSPS) is 10.8. The average molecular weight is 301 g/mol. The van der Waals surface area contributed by atoms with E-state index in [1.165, 1.54) is 6.07 Å². The number of nitrogens with one attached hydrogen (secondary N) is 1. The van der Waals surface area contributed by atoms with Crippen LogP contribution in [0.5, 0.6) is 0 Å². The van der Waals surface area contributed by atoms with Crippen LogP contribution in [0.15, 0.2) is 16.7 Å². The van der Waals surface area contributed by atoms with Crippen molar-refractivity contribution >= 4 is 34.0 Å². The fraction of sp³-hybridized carbons (Fsp3) is 0.364. The summed E-state index contributed by atoms with van der Waals surface area (Å²) in [5.41, 5.74) is 0.170. The summed E-state index contributed by atoms with van der Waals surface area (Å²) < 4.78 is 5.47. The Hall–Kier alpha value is -1.43. The quantitative estimate of drug-likeness (QED) is 0.673. The van der Waals surface area contributed by atoms with Crippen LogP contribution in [0.2, 0.25) is 0 Å². The molecule has 0 unspecified atom stereocenters. The molecule has 0 aliphatic carbocycles. The predicted octanol–water partition coefficient (Wildman–Crippen LogP) is 3.00. The largest absolute Gasteiger partial charge is 0.444 e. The SMILES string of the molecule is CC(C)(C)OC(=O)Nc1ccc(C=O)nc1Br. The summed E-state index contributed by atoms with van der Waals surface area (Å²) in [4.78, 5) is 25.9. The second-order valence-electron chi connectivity index (χ2n) is 4.32. The lowest BCUT2D eigenvalue weighted by Gasteiger charge is -2.19. The van der Waals surface area contributed by atoms with Crippen molar-refractivity contribution in [3.05, 3.63) is 22.4 Å². The molecule has 0 fully saturated rings. The van der Waals surface area contributed by atoms with Gasteiger partial charge >= 0.3 is 6.09 Å². The second kappa shape index (κ2) is 5.27. The highest BCUT2D eigenvalue weighted by Crippen LogP contribution is 2.20. The summed E-state index contributed by atoms with van der Waals surface area (Å²) >= 11 is 3.16. The molecule has 92 valence electrons. The zero-order valence-electron chi connectivity index (χ0n) is 9.78. The summed E-state index contributed by atoms with van der Waals surface area (Å²) in [7, 11) is 0. The Bertz CT molecular complexity index is 441. The molecule has 1 heterocycles. The number of aldehydes is 1. The highest BCUT2D eigenvalue weighted by Gasteiger charge is 2.17. The standard InChI is InChI=1S/C11H13BrN2O3/c1-11(2,3)17-10(16)14-8-5-4-7(6-15)13-9(8)12/h4-6H,1-3H3,(H,14,16). The lowest BCUT2D eigenvalue weighted by molar-refractivity contribution is 0.0635. The van der Waals surface area contributed by atoms with Gasteiger partial charge in [0.1, 0.15) is 15.9 Å². The molecular weight excluding hydrogens is 288 g/mol. The first kappa shape index (κ1) is 13.6. The van der Waals surface area contributed by atoms with Crippen molar-refractivity contribution in [3.63, 3.8) is 0 Å². The van der Waals surface area contributed by atoms with Crippen molar-refractivity contribution in [2.75, 3.05) is 5.32 Å². The molecule has 0 aliphatic rings. The Morgan fingerprint density at radius 3 is 2.59 bits per heavy atom. The molecule has 0 aromatic carbocycles. The zero-order valence-corrected chi connectivity index (χ0v) is 11.4. The van der Waals surface area contributed by atoms with Crippen molar-refractivity contribution in [1.82, 2.24) is 4.98 Å². The van der Waals surface area contributed by atoms with E-state index < -0.39 is 11.7 Å². The maximum atomic E-state index is 11.5. The summed E-state index contributed by atoms with van der Waals surface area (Å²) in [6.45, 7) is 5.32. The Morgan fingerprint density at radius 2 is 2.12 bits per heavy atom. The van der Waals surface area contributed by atoms with Crippen LogP contribution in [-0.4, -0.2) is 23.0 Å². The average Bonchev–Trinajstić information content (AvgIpc) is 2.18. The molecule has 6 heteroatoms. The number of amides is 1. The summed E-state index contributed by atoms with van der Waals surface area (Å²) in [5.74, 6) is 0. The van der Waals surface area contributed by atoms with Crippen LogP contribution in [0, 0.1) is 0 Å². The highest BCUT2D eigenvalue weighted by atomic mass is 79.9. The van der Waals surface area contributed by atoms with Crippen LogP contribution in [0.3, 0.4) is 0 Å². The van der Waals surface area contributed by atoms with E-state index in [0.717, 1.165) is 0 Å². The third-order valence-electron chi connectivity index (χ3n) is 1.63. The second-order valence-corrected chi connectivity index (χ2v) is 5.07. The first-order chi connectivity index (χ1) is 7.81. The van der Waals surface area contributed by atoms with E-state index in [4.69, 9.17) is 4.74 Å². The van der Waals surface area contributed by atoms with Gasteiger partial charge in [-0.15, -0.1) is 0 Å². The summed E-state index contributed by atoms with van der Waals surface area (Å²) in [6, 6.07) is 3.08. The van der Waals surface area contributed by atoms with Gasteiger partial charge in [-0.2, -0.15) is 0 Å². The molecule has 0 saturated heterocycles. The molecule has 1 aromatic heterocycles. The molecule has 0 bridgehead atoms. The van der Waals surface area contributed by atoms with Gasteiger partial charge in [0.15, 0.2) is 6.29 Å². The van der Waals surface area contributed by atoms with Crippen LogP contribution in [0.25, 0.3) is 0 Å². The predicted molar refractivity (Wildman–Crippen MR) is 67.2 cm³/mol. The van der Waals surface area contributed by atoms with E-state index in [0.29, 0.717) is 16.6 Å². The van der Waals surface area contributed by atoms with Crippen LogP contribution >= 0.6 is 15.9 Å². The number of halogens is 1. The molecule has 1 amide bonds. The minimum absolute atomic E-state index is 0.284. The number of aromatic nitrogens is 1. The number of carbonyl (C=O) groups excluding carboxylic acids is 2. The van der Waals surface area contributed by atoms with Gasteiger partial charge in [0.05, 0.1) is 5.69 Å². The zero-order chi connectivity index (χ0) is 13.1. The van der Waals surface area contributed by atoms with Gasteiger partial charge < -0.3 is 4.74 Å². The molecule has 0 atom stereocenters. The number of rotatable bonds is 2. The number of ether oxygens (including phenoxy) is 1. The van der Waals surface area contributed by atoms with Crippen molar-refractivity contribution in [2.45, 2.75) is 26.4 Å². The van der Waals surface area contributed by atoms with Gasteiger partial charge in [0.25, 0.3) is 0 Å². The minimum atomic E-state index is -0.571. The fourth-order valence-electron chi connectivity index (χ4n) is 1.02. The molecule has 0 radical (unpaired) electrons. The van der Waals surface area contributed by atoms with Crippen molar-refractivity contribution < 1.29 is 14.3 Å². The molecule has 0 aliphatic heterocycles. The van der Waals surface area contributed by atoms with E-state index in [9.17, 15) is 9.59 Å². The number of carbonyl (C=O) groups is 2. The van der Waals surface area contributed by atoms with E-state index in [1.807, 2.05) is 0 Å². The van der Waals surface area contributed by atoms with Gasteiger partial charge in [-0.25, -0.2) is 9.78 Å². The summed E-state index contributed by atoms with van der Waals surface area (Å²) in [6.07, 6.45) is 0.0565. The number of nitrogens with zero attached hydrogens (tertiary/aromatic N) is 1. The molecule has 0 spiro atoms. The first-order valence-corrected chi connectivity index (χ1v) is 5.73. The molecule has 1 N–H and O–H groups in total. The Morgan fingerprint density at radius 1 is 1.47 bits per heavy atom. The minimum Gasteiger partial charge on any atom is -0.444 e. The van der Waals surface area contributed by atoms with E-state index in [-0.39, 0.29) is 5.69 Å². The fourth-order valence-corrected chi connectivity index (χ4v) is 1.46. The smallest absolute Gasteiger partial charge is 0.412 e. The Labute approximate surface area is 108 Å². The van der Waals surface area contributed by atoms with Crippen molar-refractivity contribution in [2.24, 2.45) is 0 Å². The highest BCUT2D eigenvalue weighted by molar-refractivity contribution is 9.10. The Balaban J connectivity index is 2.75. The number of hydrogen-bond donors (Lipinski definition) is 1. The van der Waals surface area contributed by atoms with Crippen LogP contribution in [0.1, 0.15) is 31.3 Å². The molecular formula is C11H13BrN2O3. The third-order valence-corrected chi connectivity index (χ3v) is 2.23. The molecule has 17 heavy (non-hydrogen) atoms. The van der Waals surface area contributed by atoms with Gasteiger partial charge in [-0.1, -0.05) is 0 Å². The van der Waals surface area contributed by atoms with Crippen LogP contribution < -0.4 is 5.32 Å². The van der Waals surface area contributed by atoms with Crippen LogP contribution in [-0.2, 0) is 4.74 Å². The maximum Gasteiger partial charge on any atom is 0.412 e. The van der Waals surface area contributed by atoms with Gasteiger partial charge in [-0.05, 0) is 48.8 Å². The molecule has 5 nitrogen and oxygen atoms in total. The third kappa shape index (κ3) is 4.52. The van der Waals surface area contributed by atoms with Crippen molar-refractivity contribution in [3.8, 4) is 0 Å². The Kier molecular flexibility index (Phi) is 4.22. The molecule has 1 aromatic rings. The van der Waals surface area contributed by atoms with Crippen molar-refractivity contribution in [1.29, 1.82) is 0 Å². The maximum absolute atomic E-state index is 11.5. The van der Waals surface area contributed by atoms with Crippen LogP contribution in [0.4, 0.5) is 10.5 Å². The number of hydrogen-bond acceptors (Lipinski definition) is 4. The first-order valence-electron chi connectivity index (χ1n) is 4.93. The van der Waals surface area contributed by atoms with E-state index in [2.05, 4.69) is 26.2 Å².